The minimum atomic E-state index is -3.10. The lowest BCUT2D eigenvalue weighted by molar-refractivity contribution is -0.132. The summed E-state index contributed by atoms with van der Waals surface area (Å²) >= 11 is 0. The van der Waals surface area contributed by atoms with Crippen molar-refractivity contribution in [3.8, 4) is 0 Å². The molecule has 1 N–H and O–H groups in total. The number of urea groups is 1. The highest BCUT2D eigenvalue weighted by Crippen LogP contribution is 2.32. The molecule has 1 aromatic carbocycles. The van der Waals surface area contributed by atoms with Crippen molar-refractivity contribution in [1.82, 2.24) is 10.2 Å². The molecule has 0 aliphatic carbocycles. The van der Waals surface area contributed by atoms with E-state index in [0.29, 0.717) is 0 Å². The maximum absolute atomic E-state index is 12.8. The van der Waals surface area contributed by atoms with Gasteiger partial charge in [0.15, 0.2) is 9.84 Å². The van der Waals surface area contributed by atoms with Gasteiger partial charge in [-0.15, -0.1) is 0 Å². The van der Waals surface area contributed by atoms with Crippen molar-refractivity contribution < 1.29 is 18.0 Å². The van der Waals surface area contributed by atoms with Crippen LogP contribution in [0.4, 0.5) is 4.79 Å². The van der Waals surface area contributed by atoms with Crippen LogP contribution >= 0.6 is 0 Å². The fraction of sp³-hybridized carbons (Fsp3) is 0.529. The number of carbonyl (C=O) groups is 2. The molecule has 3 amide bonds. The molecule has 0 unspecified atom stereocenters. The van der Waals surface area contributed by atoms with Gasteiger partial charge in [0.05, 0.1) is 18.1 Å². The highest BCUT2D eigenvalue weighted by molar-refractivity contribution is 7.91. The Balaban J connectivity index is 1.86. The first-order chi connectivity index (χ1) is 11.1. The number of nitrogens with zero attached hydrogens (tertiary/aromatic N) is 1. The SMILES string of the molecule is Cc1cc(C)c(CN2C(=O)NC3(CCS(=O)(=O)CC3)C2=O)c(C)c1. The Morgan fingerprint density at radius 2 is 1.62 bits per heavy atom. The first-order valence-electron chi connectivity index (χ1n) is 8.05. The number of sulfone groups is 1. The van der Waals surface area contributed by atoms with E-state index in [1.54, 1.807) is 0 Å². The van der Waals surface area contributed by atoms with E-state index in [-0.39, 0.29) is 36.8 Å². The zero-order valence-electron chi connectivity index (χ0n) is 14.2. The molecule has 0 saturated carbocycles. The van der Waals surface area contributed by atoms with Crippen LogP contribution in [-0.4, -0.2) is 42.3 Å². The summed E-state index contributed by atoms with van der Waals surface area (Å²) in [5.74, 6) is -0.424. The first-order valence-corrected chi connectivity index (χ1v) is 9.87. The molecular weight excluding hydrogens is 328 g/mol. The summed E-state index contributed by atoms with van der Waals surface area (Å²) < 4.78 is 23.3. The molecule has 130 valence electrons. The predicted octanol–water partition coefficient (Wildman–Crippen LogP) is 1.61. The summed E-state index contributed by atoms with van der Waals surface area (Å²) in [6.45, 7) is 6.17. The maximum Gasteiger partial charge on any atom is 0.325 e. The lowest BCUT2D eigenvalue weighted by Gasteiger charge is -2.30. The Morgan fingerprint density at radius 3 is 2.17 bits per heavy atom. The van der Waals surface area contributed by atoms with Crippen LogP contribution in [0.1, 0.15) is 35.1 Å². The molecule has 1 spiro atoms. The van der Waals surface area contributed by atoms with Gasteiger partial charge in [0, 0.05) is 0 Å². The van der Waals surface area contributed by atoms with Gasteiger partial charge < -0.3 is 5.32 Å². The first kappa shape index (κ1) is 17.0. The Labute approximate surface area is 142 Å². The average molecular weight is 350 g/mol. The zero-order valence-corrected chi connectivity index (χ0v) is 15.0. The lowest BCUT2D eigenvalue weighted by Crippen LogP contribution is -2.52. The number of hydrogen-bond acceptors (Lipinski definition) is 4. The lowest BCUT2D eigenvalue weighted by atomic mass is 9.92. The van der Waals surface area contributed by atoms with Gasteiger partial charge in [-0.3, -0.25) is 9.69 Å². The molecule has 1 aromatic rings. The molecule has 3 rings (SSSR count). The van der Waals surface area contributed by atoms with Gasteiger partial charge in [0.25, 0.3) is 5.91 Å². The molecule has 2 aliphatic heterocycles. The van der Waals surface area contributed by atoms with Crippen molar-refractivity contribution in [1.29, 1.82) is 0 Å². The normalized spacial score (nSPS) is 22.0. The number of nitrogens with one attached hydrogen (secondary N) is 1. The number of carbonyl (C=O) groups excluding carboxylic acids is 2. The van der Waals surface area contributed by atoms with Crippen LogP contribution in [-0.2, 0) is 21.2 Å². The van der Waals surface area contributed by atoms with Crippen molar-refractivity contribution in [2.45, 2.75) is 45.7 Å². The van der Waals surface area contributed by atoms with Gasteiger partial charge in [-0.1, -0.05) is 17.7 Å². The van der Waals surface area contributed by atoms with E-state index in [2.05, 4.69) is 5.32 Å². The van der Waals surface area contributed by atoms with Crippen LogP contribution in [0.5, 0.6) is 0 Å². The zero-order chi connectivity index (χ0) is 17.7. The van der Waals surface area contributed by atoms with Gasteiger partial charge >= 0.3 is 6.03 Å². The van der Waals surface area contributed by atoms with Crippen molar-refractivity contribution >= 4 is 21.8 Å². The quantitative estimate of drug-likeness (QED) is 0.822. The van der Waals surface area contributed by atoms with Gasteiger partial charge in [-0.2, -0.15) is 0 Å². The summed E-state index contributed by atoms with van der Waals surface area (Å²) in [4.78, 5) is 26.4. The second-order valence-electron chi connectivity index (χ2n) is 6.93. The van der Waals surface area contributed by atoms with Crippen molar-refractivity contribution in [2.24, 2.45) is 0 Å². The Bertz CT molecular complexity index is 792. The molecule has 2 heterocycles. The van der Waals surface area contributed by atoms with Crippen molar-refractivity contribution in [3.05, 3.63) is 34.4 Å². The number of rotatable bonds is 2. The standard InChI is InChI=1S/C17H22N2O4S/c1-11-8-12(2)14(13(3)9-11)10-19-15(20)17(18-16(19)21)4-6-24(22,23)7-5-17/h8-9H,4-7,10H2,1-3H3,(H,18,21). The monoisotopic (exact) mass is 350 g/mol. The molecule has 2 saturated heterocycles. The van der Waals surface area contributed by atoms with Crippen molar-refractivity contribution in [2.75, 3.05) is 11.5 Å². The number of imide groups is 1. The van der Waals surface area contributed by atoms with Crippen molar-refractivity contribution in [3.63, 3.8) is 0 Å². The summed E-state index contributed by atoms with van der Waals surface area (Å²) in [6, 6.07) is 3.63. The summed E-state index contributed by atoms with van der Waals surface area (Å²) in [5, 5.41) is 2.75. The van der Waals surface area contributed by atoms with E-state index in [1.807, 2.05) is 32.9 Å². The topological polar surface area (TPSA) is 83.6 Å². The Morgan fingerprint density at radius 1 is 1.08 bits per heavy atom. The summed E-state index contributed by atoms with van der Waals surface area (Å²) in [5.41, 5.74) is 3.14. The third kappa shape index (κ3) is 2.81. The van der Waals surface area contributed by atoms with E-state index < -0.39 is 21.4 Å². The Hall–Kier alpha value is -1.89. The smallest absolute Gasteiger partial charge is 0.323 e. The van der Waals surface area contributed by atoms with Crippen LogP contribution in [0.3, 0.4) is 0 Å². The highest BCUT2D eigenvalue weighted by Gasteiger charge is 2.53. The molecule has 24 heavy (non-hydrogen) atoms. The van der Waals surface area contributed by atoms with Gasteiger partial charge in [-0.25, -0.2) is 13.2 Å². The fourth-order valence-corrected chi connectivity index (χ4v) is 5.19. The Kier molecular flexibility index (Phi) is 3.94. The number of aryl methyl sites for hydroxylation is 3. The van der Waals surface area contributed by atoms with Crippen LogP contribution in [0, 0.1) is 20.8 Å². The summed E-state index contributed by atoms with van der Waals surface area (Å²) in [6.07, 6.45) is 0.310. The molecule has 2 aliphatic rings. The predicted molar refractivity (Wildman–Crippen MR) is 90.4 cm³/mol. The fourth-order valence-electron chi connectivity index (χ4n) is 3.66. The molecule has 0 atom stereocenters. The highest BCUT2D eigenvalue weighted by atomic mass is 32.2. The number of benzene rings is 1. The third-order valence-corrected chi connectivity index (χ3v) is 6.73. The van der Waals surface area contributed by atoms with E-state index in [1.165, 1.54) is 4.90 Å². The molecular formula is C17H22N2O4S. The molecule has 6 nitrogen and oxygen atoms in total. The minimum absolute atomic E-state index is 0.0601. The molecule has 2 fully saturated rings. The average Bonchev–Trinajstić information content (AvgIpc) is 2.70. The minimum Gasteiger partial charge on any atom is -0.323 e. The summed E-state index contributed by atoms with van der Waals surface area (Å²) in [7, 11) is -3.10. The van der Waals surface area contributed by atoms with Crippen LogP contribution in [0.15, 0.2) is 12.1 Å². The van der Waals surface area contributed by atoms with Crippen LogP contribution in [0.25, 0.3) is 0 Å². The largest absolute Gasteiger partial charge is 0.325 e. The molecule has 0 radical (unpaired) electrons. The van der Waals surface area contributed by atoms with E-state index >= 15 is 0 Å². The van der Waals surface area contributed by atoms with E-state index in [4.69, 9.17) is 0 Å². The second-order valence-corrected chi connectivity index (χ2v) is 9.24. The van der Waals surface area contributed by atoms with E-state index in [9.17, 15) is 18.0 Å². The van der Waals surface area contributed by atoms with Gasteiger partial charge in [-0.05, 0) is 50.3 Å². The van der Waals surface area contributed by atoms with Gasteiger partial charge in [0.1, 0.15) is 5.54 Å². The number of hydrogen-bond donors (Lipinski definition) is 1. The van der Waals surface area contributed by atoms with Gasteiger partial charge in [0.2, 0.25) is 0 Å². The van der Waals surface area contributed by atoms with Crippen LogP contribution in [0.2, 0.25) is 0 Å². The molecule has 0 bridgehead atoms. The molecule has 7 heteroatoms. The second kappa shape index (κ2) is 5.58. The van der Waals surface area contributed by atoms with E-state index in [0.717, 1.165) is 22.3 Å². The van der Waals surface area contributed by atoms with Crippen LogP contribution < -0.4 is 5.32 Å². The molecule has 0 aromatic heterocycles. The maximum atomic E-state index is 12.8. The number of amides is 3. The third-order valence-electron chi connectivity index (χ3n) is 5.08.